The molecule has 1 heterocycles. The second-order valence-corrected chi connectivity index (χ2v) is 6.10. The summed E-state index contributed by atoms with van der Waals surface area (Å²) >= 11 is 0. The van der Waals surface area contributed by atoms with E-state index in [9.17, 15) is 9.59 Å². The molecule has 5 nitrogen and oxygen atoms in total. The maximum atomic E-state index is 12.1. The molecule has 104 valence electrons. The number of carboxylic acid groups (broad SMARTS) is 1. The van der Waals surface area contributed by atoms with Crippen LogP contribution >= 0.6 is 0 Å². The van der Waals surface area contributed by atoms with Crippen LogP contribution in [0.25, 0.3) is 0 Å². The number of likely N-dealkylation sites (tertiary alicyclic amines) is 1. The number of rotatable bonds is 2. The Balaban J connectivity index is 2.59. The van der Waals surface area contributed by atoms with Crippen molar-refractivity contribution in [3.8, 4) is 0 Å². The Kier molecular flexibility index (Phi) is 4.59. The molecule has 0 radical (unpaired) electrons. The highest BCUT2D eigenvalue weighted by molar-refractivity contribution is 5.82. The van der Waals surface area contributed by atoms with E-state index in [2.05, 4.69) is 6.92 Å². The van der Waals surface area contributed by atoms with Crippen LogP contribution in [-0.4, -0.2) is 52.1 Å². The highest BCUT2D eigenvalue weighted by Crippen LogP contribution is 2.18. The van der Waals surface area contributed by atoms with Crippen molar-refractivity contribution in [3.63, 3.8) is 0 Å². The van der Waals surface area contributed by atoms with Gasteiger partial charge < -0.3 is 10.0 Å². The number of carbonyl (C=O) groups is 2. The largest absolute Gasteiger partial charge is 0.465 e. The molecular formula is C13H24N2O3. The van der Waals surface area contributed by atoms with Crippen LogP contribution in [0, 0.1) is 5.92 Å². The maximum Gasteiger partial charge on any atom is 0.408 e. The van der Waals surface area contributed by atoms with Gasteiger partial charge in [0.25, 0.3) is 0 Å². The van der Waals surface area contributed by atoms with E-state index in [1.54, 1.807) is 25.7 Å². The van der Waals surface area contributed by atoms with Crippen molar-refractivity contribution in [2.75, 3.05) is 19.6 Å². The minimum absolute atomic E-state index is 0.0484. The van der Waals surface area contributed by atoms with E-state index in [1.165, 1.54) is 4.90 Å². The standard InChI is InChI=1S/C13H24N2O3/c1-10-5-7-14(8-6-10)11(16)9-15(12(17)18)13(2,3)4/h10H,5-9H2,1-4H3,(H,17,18). The van der Waals surface area contributed by atoms with Gasteiger partial charge in [0.15, 0.2) is 0 Å². The molecule has 0 saturated carbocycles. The second kappa shape index (κ2) is 5.59. The fraction of sp³-hybridized carbons (Fsp3) is 0.846. The quantitative estimate of drug-likeness (QED) is 0.822. The minimum atomic E-state index is -1.04. The highest BCUT2D eigenvalue weighted by Gasteiger charge is 2.30. The van der Waals surface area contributed by atoms with Crippen LogP contribution in [0.2, 0.25) is 0 Å². The van der Waals surface area contributed by atoms with Gasteiger partial charge in [-0.3, -0.25) is 9.69 Å². The van der Waals surface area contributed by atoms with Gasteiger partial charge in [0.05, 0.1) is 0 Å². The summed E-state index contributed by atoms with van der Waals surface area (Å²) in [5.41, 5.74) is -0.551. The lowest BCUT2D eigenvalue weighted by Gasteiger charge is -2.36. The van der Waals surface area contributed by atoms with Gasteiger partial charge in [-0.25, -0.2) is 4.79 Å². The van der Waals surface area contributed by atoms with Crippen LogP contribution in [0.5, 0.6) is 0 Å². The third kappa shape index (κ3) is 3.89. The number of piperidine rings is 1. The normalized spacial score (nSPS) is 17.7. The first kappa shape index (κ1) is 14.8. The maximum absolute atomic E-state index is 12.1. The van der Waals surface area contributed by atoms with Crippen LogP contribution in [-0.2, 0) is 4.79 Å². The molecule has 1 saturated heterocycles. The molecule has 5 heteroatoms. The fourth-order valence-corrected chi connectivity index (χ4v) is 2.08. The van der Waals surface area contributed by atoms with Crippen molar-refractivity contribution < 1.29 is 14.7 Å². The molecule has 0 aliphatic carbocycles. The van der Waals surface area contributed by atoms with E-state index in [0.29, 0.717) is 5.92 Å². The summed E-state index contributed by atoms with van der Waals surface area (Å²) in [5.74, 6) is 0.575. The van der Waals surface area contributed by atoms with Gasteiger partial charge in [0.1, 0.15) is 6.54 Å². The van der Waals surface area contributed by atoms with Crippen LogP contribution in [0.3, 0.4) is 0 Å². The number of amides is 2. The SMILES string of the molecule is CC1CCN(C(=O)CN(C(=O)O)C(C)(C)C)CC1. The first-order valence-corrected chi connectivity index (χ1v) is 6.50. The molecule has 2 amide bonds. The second-order valence-electron chi connectivity index (χ2n) is 6.10. The monoisotopic (exact) mass is 256 g/mol. The molecular weight excluding hydrogens is 232 g/mol. The van der Waals surface area contributed by atoms with Gasteiger partial charge in [-0.05, 0) is 39.5 Å². The van der Waals surface area contributed by atoms with Gasteiger partial charge >= 0.3 is 6.09 Å². The lowest BCUT2D eigenvalue weighted by Crippen LogP contribution is -2.51. The average molecular weight is 256 g/mol. The van der Waals surface area contributed by atoms with Crippen molar-refractivity contribution >= 4 is 12.0 Å². The summed E-state index contributed by atoms with van der Waals surface area (Å²) in [6.07, 6.45) is 0.976. The van der Waals surface area contributed by atoms with Gasteiger partial charge in [0.2, 0.25) is 5.91 Å². The van der Waals surface area contributed by atoms with Crippen molar-refractivity contribution in [2.24, 2.45) is 5.92 Å². The topological polar surface area (TPSA) is 60.9 Å². The van der Waals surface area contributed by atoms with Gasteiger partial charge in [-0.1, -0.05) is 6.92 Å². The van der Waals surface area contributed by atoms with Gasteiger partial charge in [-0.2, -0.15) is 0 Å². The molecule has 1 fully saturated rings. The van der Waals surface area contributed by atoms with Crippen LogP contribution < -0.4 is 0 Å². The van der Waals surface area contributed by atoms with E-state index < -0.39 is 11.6 Å². The average Bonchev–Trinajstić information content (AvgIpc) is 2.24. The first-order valence-electron chi connectivity index (χ1n) is 6.50. The molecule has 0 spiro atoms. The van der Waals surface area contributed by atoms with Gasteiger partial charge in [-0.15, -0.1) is 0 Å². The van der Waals surface area contributed by atoms with Crippen LogP contribution in [0.1, 0.15) is 40.5 Å². The zero-order chi connectivity index (χ0) is 13.9. The molecule has 1 N–H and O–H groups in total. The lowest BCUT2D eigenvalue weighted by molar-refractivity contribution is -0.134. The predicted molar refractivity (Wildman–Crippen MR) is 69.5 cm³/mol. The van der Waals surface area contributed by atoms with E-state index in [1.807, 2.05) is 0 Å². The molecule has 1 rings (SSSR count). The molecule has 0 aromatic rings. The predicted octanol–water partition coefficient (Wildman–Crippen LogP) is 2.02. The summed E-state index contributed by atoms with van der Waals surface area (Å²) in [7, 11) is 0. The summed E-state index contributed by atoms with van der Waals surface area (Å²) in [6, 6.07) is 0. The Morgan fingerprint density at radius 3 is 2.17 bits per heavy atom. The van der Waals surface area contributed by atoms with Crippen molar-refractivity contribution in [3.05, 3.63) is 0 Å². The summed E-state index contributed by atoms with van der Waals surface area (Å²) in [6.45, 7) is 9.02. The van der Waals surface area contributed by atoms with E-state index in [-0.39, 0.29) is 12.5 Å². The Bertz CT molecular complexity index is 315. The smallest absolute Gasteiger partial charge is 0.408 e. The Morgan fingerprint density at radius 2 is 1.78 bits per heavy atom. The zero-order valence-corrected chi connectivity index (χ0v) is 11.8. The third-order valence-electron chi connectivity index (χ3n) is 3.47. The van der Waals surface area contributed by atoms with Crippen molar-refractivity contribution in [1.29, 1.82) is 0 Å². The van der Waals surface area contributed by atoms with E-state index >= 15 is 0 Å². The summed E-state index contributed by atoms with van der Waals surface area (Å²) < 4.78 is 0. The van der Waals surface area contributed by atoms with Crippen LogP contribution in [0.4, 0.5) is 4.79 Å². The van der Waals surface area contributed by atoms with Crippen molar-refractivity contribution in [1.82, 2.24) is 9.80 Å². The molecule has 0 aromatic heterocycles. The number of nitrogens with zero attached hydrogens (tertiary/aromatic N) is 2. The molecule has 0 bridgehead atoms. The first-order chi connectivity index (χ1) is 8.21. The molecule has 1 aliphatic heterocycles. The Hall–Kier alpha value is -1.26. The van der Waals surface area contributed by atoms with Crippen molar-refractivity contribution in [2.45, 2.75) is 46.1 Å². The minimum Gasteiger partial charge on any atom is -0.465 e. The van der Waals surface area contributed by atoms with Crippen LogP contribution in [0.15, 0.2) is 0 Å². The fourth-order valence-electron chi connectivity index (χ4n) is 2.08. The number of hydrogen-bond acceptors (Lipinski definition) is 2. The third-order valence-corrected chi connectivity index (χ3v) is 3.47. The molecule has 0 unspecified atom stereocenters. The van der Waals surface area contributed by atoms with E-state index in [0.717, 1.165) is 25.9 Å². The highest BCUT2D eigenvalue weighted by atomic mass is 16.4. The Morgan fingerprint density at radius 1 is 1.28 bits per heavy atom. The molecule has 0 atom stereocenters. The number of hydrogen-bond donors (Lipinski definition) is 1. The molecule has 1 aliphatic rings. The zero-order valence-electron chi connectivity index (χ0n) is 11.8. The molecule has 18 heavy (non-hydrogen) atoms. The summed E-state index contributed by atoms with van der Waals surface area (Å²) in [4.78, 5) is 26.2. The Labute approximate surface area is 109 Å². The molecule has 0 aromatic carbocycles. The lowest BCUT2D eigenvalue weighted by atomic mass is 9.99. The number of carbonyl (C=O) groups excluding carboxylic acids is 1. The van der Waals surface area contributed by atoms with E-state index in [4.69, 9.17) is 5.11 Å². The van der Waals surface area contributed by atoms with Gasteiger partial charge in [0, 0.05) is 18.6 Å². The summed E-state index contributed by atoms with van der Waals surface area (Å²) in [5, 5.41) is 9.15.